The summed E-state index contributed by atoms with van der Waals surface area (Å²) in [5.41, 5.74) is 1.24. The molecule has 0 saturated carbocycles. The molecule has 1 saturated heterocycles. The van der Waals surface area contributed by atoms with Crippen LogP contribution in [0.2, 0.25) is 10.0 Å². The molecule has 2 rings (SSSR count). The van der Waals surface area contributed by atoms with Crippen LogP contribution in [0.5, 0.6) is 0 Å². The fourth-order valence-electron chi connectivity index (χ4n) is 2.67. The van der Waals surface area contributed by atoms with Gasteiger partial charge in [-0.2, -0.15) is 0 Å². The van der Waals surface area contributed by atoms with Crippen LogP contribution in [0.4, 0.5) is 0 Å². The average Bonchev–Trinajstić information content (AvgIpc) is 2.43. The molecular weight excluding hydrogens is 279 g/mol. The van der Waals surface area contributed by atoms with Crippen LogP contribution in [-0.2, 0) is 6.54 Å². The number of piperazine rings is 1. The van der Waals surface area contributed by atoms with Crippen LogP contribution in [-0.4, -0.2) is 30.6 Å². The number of rotatable bonds is 4. The van der Waals surface area contributed by atoms with E-state index in [-0.39, 0.29) is 0 Å². The highest BCUT2D eigenvalue weighted by Gasteiger charge is 2.26. The van der Waals surface area contributed by atoms with Crippen molar-refractivity contribution in [1.29, 1.82) is 0 Å². The second-order valence-corrected chi connectivity index (χ2v) is 6.19. The quantitative estimate of drug-likeness (QED) is 0.909. The second-order valence-electron chi connectivity index (χ2n) is 5.38. The molecule has 0 spiro atoms. The first kappa shape index (κ1) is 15.1. The highest BCUT2D eigenvalue weighted by Crippen LogP contribution is 2.25. The summed E-state index contributed by atoms with van der Waals surface area (Å²) in [6.07, 6.45) is 1.21. The molecule has 1 aliphatic heterocycles. The Morgan fingerprint density at radius 2 is 2.16 bits per heavy atom. The molecule has 1 N–H and O–H groups in total. The van der Waals surface area contributed by atoms with Crippen LogP contribution >= 0.6 is 23.2 Å². The lowest BCUT2D eigenvalue weighted by atomic mass is 9.95. The Morgan fingerprint density at radius 3 is 2.84 bits per heavy atom. The van der Waals surface area contributed by atoms with Crippen LogP contribution in [0, 0.1) is 5.92 Å². The molecule has 0 radical (unpaired) electrons. The Labute approximate surface area is 126 Å². The average molecular weight is 301 g/mol. The number of hydrogen-bond acceptors (Lipinski definition) is 2. The third-order valence-corrected chi connectivity index (χ3v) is 4.81. The number of nitrogens with zero attached hydrogens (tertiary/aromatic N) is 1. The lowest BCUT2D eigenvalue weighted by molar-refractivity contribution is 0.109. The molecule has 4 heteroatoms. The van der Waals surface area contributed by atoms with Crippen molar-refractivity contribution in [2.45, 2.75) is 32.9 Å². The molecule has 2 unspecified atom stereocenters. The maximum atomic E-state index is 6.09. The van der Waals surface area contributed by atoms with Gasteiger partial charge in [-0.25, -0.2) is 0 Å². The molecule has 19 heavy (non-hydrogen) atoms. The van der Waals surface area contributed by atoms with Crippen molar-refractivity contribution >= 4 is 23.2 Å². The molecular formula is C15H22Cl2N2. The van der Waals surface area contributed by atoms with E-state index < -0.39 is 0 Å². The van der Waals surface area contributed by atoms with Crippen molar-refractivity contribution < 1.29 is 0 Å². The lowest BCUT2D eigenvalue weighted by Crippen LogP contribution is -2.53. The summed E-state index contributed by atoms with van der Waals surface area (Å²) >= 11 is 12.1. The van der Waals surface area contributed by atoms with E-state index in [1.165, 1.54) is 12.0 Å². The fraction of sp³-hybridized carbons (Fsp3) is 0.600. The van der Waals surface area contributed by atoms with Crippen molar-refractivity contribution in [1.82, 2.24) is 10.2 Å². The minimum atomic E-state index is 0.605. The molecule has 106 valence electrons. The van der Waals surface area contributed by atoms with E-state index in [0.29, 0.717) is 22.0 Å². The predicted molar refractivity (Wildman–Crippen MR) is 83.0 cm³/mol. The van der Waals surface area contributed by atoms with Gasteiger partial charge in [-0.05, 0) is 23.6 Å². The Morgan fingerprint density at radius 1 is 1.37 bits per heavy atom. The summed E-state index contributed by atoms with van der Waals surface area (Å²) in [4.78, 5) is 2.56. The molecule has 0 amide bonds. The molecule has 1 heterocycles. The van der Waals surface area contributed by atoms with Gasteiger partial charge in [0.25, 0.3) is 0 Å². The Hall–Kier alpha value is -0.280. The van der Waals surface area contributed by atoms with Gasteiger partial charge in [0.1, 0.15) is 0 Å². The van der Waals surface area contributed by atoms with E-state index in [1.54, 1.807) is 0 Å². The lowest BCUT2D eigenvalue weighted by Gasteiger charge is -2.39. The molecule has 0 bridgehead atoms. The highest BCUT2D eigenvalue weighted by atomic mass is 35.5. The van der Waals surface area contributed by atoms with Gasteiger partial charge in [-0.1, -0.05) is 49.5 Å². The highest BCUT2D eigenvalue weighted by molar-refractivity contribution is 6.42. The van der Waals surface area contributed by atoms with Gasteiger partial charge < -0.3 is 5.32 Å². The van der Waals surface area contributed by atoms with Crippen molar-refractivity contribution in [2.75, 3.05) is 19.6 Å². The minimum absolute atomic E-state index is 0.605. The maximum Gasteiger partial charge on any atom is 0.0595 e. The topological polar surface area (TPSA) is 15.3 Å². The molecule has 2 atom stereocenters. The summed E-state index contributed by atoms with van der Waals surface area (Å²) in [5.74, 6) is 0.704. The van der Waals surface area contributed by atoms with Crippen LogP contribution in [0.25, 0.3) is 0 Å². The number of nitrogens with one attached hydrogen (secondary N) is 1. The summed E-state index contributed by atoms with van der Waals surface area (Å²) in [6.45, 7) is 8.78. The van der Waals surface area contributed by atoms with E-state index in [4.69, 9.17) is 23.2 Å². The van der Waals surface area contributed by atoms with Crippen molar-refractivity contribution in [3.63, 3.8) is 0 Å². The van der Waals surface area contributed by atoms with E-state index in [1.807, 2.05) is 12.1 Å². The Bertz CT molecular complexity index is 423. The van der Waals surface area contributed by atoms with E-state index >= 15 is 0 Å². The second kappa shape index (κ2) is 6.94. The first-order chi connectivity index (χ1) is 9.11. The zero-order chi connectivity index (χ0) is 13.8. The summed E-state index contributed by atoms with van der Waals surface area (Å²) in [6, 6.07) is 6.55. The molecule has 1 fully saturated rings. The van der Waals surface area contributed by atoms with Crippen LogP contribution < -0.4 is 5.32 Å². The van der Waals surface area contributed by atoms with Gasteiger partial charge in [0, 0.05) is 32.2 Å². The minimum Gasteiger partial charge on any atom is -0.314 e. The van der Waals surface area contributed by atoms with Gasteiger partial charge in [-0.15, -0.1) is 0 Å². The van der Waals surface area contributed by atoms with E-state index in [2.05, 4.69) is 30.1 Å². The van der Waals surface area contributed by atoms with Crippen LogP contribution in [0.15, 0.2) is 18.2 Å². The van der Waals surface area contributed by atoms with E-state index in [9.17, 15) is 0 Å². The third-order valence-electron chi connectivity index (χ3n) is 4.07. The number of hydrogen-bond donors (Lipinski definition) is 1. The van der Waals surface area contributed by atoms with Gasteiger partial charge >= 0.3 is 0 Å². The Balaban J connectivity index is 2.08. The zero-order valence-corrected chi connectivity index (χ0v) is 13.1. The molecule has 1 aliphatic rings. The standard InChI is InChI=1S/C15H22Cl2N2/c1-3-11(2)15-9-18-6-7-19(15)10-12-4-5-13(16)14(17)8-12/h4-5,8,11,15,18H,3,6-7,9-10H2,1-2H3. The third kappa shape index (κ3) is 3.85. The first-order valence-corrected chi connectivity index (χ1v) is 7.76. The zero-order valence-electron chi connectivity index (χ0n) is 11.6. The van der Waals surface area contributed by atoms with Crippen molar-refractivity contribution in [3.05, 3.63) is 33.8 Å². The van der Waals surface area contributed by atoms with Gasteiger partial charge in [0.2, 0.25) is 0 Å². The van der Waals surface area contributed by atoms with Crippen LogP contribution in [0.3, 0.4) is 0 Å². The van der Waals surface area contributed by atoms with Crippen molar-refractivity contribution in [2.24, 2.45) is 5.92 Å². The normalized spacial score (nSPS) is 22.4. The summed E-state index contributed by atoms with van der Waals surface area (Å²) < 4.78 is 0. The molecule has 1 aromatic carbocycles. The van der Waals surface area contributed by atoms with Crippen LogP contribution in [0.1, 0.15) is 25.8 Å². The van der Waals surface area contributed by atoms with Gasteiger partial charge in [-0.3, -0.25) is 4.90 Å². The SMILES string of the molecule is CCC(C)C1CNCCN1Cc1ccc(Cl)c(Cl)c1. The molecule has 2 nitrogen and oxygen atoms in total. The molecule has 0 aromatic heterocycles. The van der Waals surface area contributed by atoms with Crippen molar-refractivity contribution in [3.8, 4) is 0 Å². The number of halogens is 2. The smallest absolute Gasteiger partial charge is 0.0595 e. The largest absolute Gasteiger partial charge is 0.314 e. The number of benzene rings is 1. The molecule has 0 aliphatic carbocycles. The molecule has 1 aromatic rings. The summed E-state index contributed by atoms with van der Waals surface area (Å²) in [5, 5.41) is 4.77. The van der Waals surface area contributed by atoms with Gasteiger partial charge in [0.05, 0.1) is 10.0 Å². The van der Waals surface area contributed by atoms with E-state index in [0.717, 1.165) is 26.2 Å². The predicted octanol–water partition coefficient (Wildman–Crippen LogP) is 3.81. The summed E-state index contributed by atoms with van der Waals surface area (Å²) in [7, 11) is 0. The fourth-order valence-corrected chi connectivity index (χ4v) is 2.99. The maximum absolute atomic E-state index is 6.09. The van der Waals surface area contributed by atoms with Gasteiger partial charge in [0.15, 0.2) is 0 Å². The Kier molecular flexibility index (Phi) is 5.52. The monoisotopic (exact) mass is 300 g/mol. The first-order valence-electron chi connectivity index (χ1n) is 7.00.